The first-order valence-electron chi connectivity index (χ1n) is 8.57. The van der Waals surface area contributed by atoms with Gasteiger partial charge in [-0.15, -0.1) is 24.0 Å². The Hall–Kier alpha value is -1.54. The van der Waals surface area contributed by atoms with E-state index in [-0.39, 0.29) is 24.0 Å². The van der Waals surface area contributed by atoms with Gasteiger partial charge in [-0.3, -0.25) is 4.99 Å². The zero-order chi connectivity index (χ0) is 17.0. The maximum Gasteiger partial charge on any atom is 0.191 e. The number of furan rings is 1. The van der Waals surface area contributed by atoms with Gasteiger partial charge < -0.3 is 20.2 Å². The van der Waals surface area contributed by atoms with Crippen LogP contribution in [0.4, 0.5) is 0 Å². The Morgan fingerprint density at radius 3 is 2.56 bits per heavy atom. The summed E-state index contributed by atoms with van der Waals surface area (Å²) in [6.45, 7) is 4.08. The minimum Gasteiger partial charge on any atom is -0.469 e. The van der Waals surface area contributed by atoms with E-state index in [0.29, 0.717) is 6.54 Å². The Labute approximate surface area is 167 Å². The van der Waals surface area contributed by atoms with Gasteiger partial charge in [0, 0.05) is 19.5 Å². The summed E-state index contributed by atoms with van der Waals surface area (Å²) in [5.41, 5.74) is 0.879. The highest BCUT2D eigenvalue weighted by molar-refractivity contribution is 14.0. The Morgan fingerprint density at radius 2 is 1.88 bits per heavy atom. The number of nitrogens with one attached hydrogen (secondary N) is 2. The lowest BCUT2D eigenvalue weighted by Crippen LogP contribution is -2.39. The fourth-order valence-electron chi connectivity index (χ4n) is 2.28. The summed E-state index contributed by atoms with van der Waals surface area (Å²) in [5.74, 6) is 1.67. The second kappa shape index (κ2) is 12.8. The fourth-order valence-corrected chi connectivity index (χ4v) is 2.28. The molecule has 1 heterocycles. The van der Waals surface area contributed by atoms with Crippen molar-refractivity contribution < 1.29 is 9.52 Å². The number of hydrogen-bond donors (Lipinski definition) is 3. The molecule has 6 heteroatoms. The third-order valence-corrected chi connectivity index (χ3v) is 3.67. The van der Waals surface area contributed by atoms with Crippen molar-refractivity contribution in [3.8, 4) is 0 Å². The lowest BCUT2D eigenvalue weighted by atomic mass is 10.1. The maximum absolute atomic E-state index is 10.2. The number of halogens is 1. The van der Waals surface area contributed by atoms with Gasteiger partial charge in [0.25, 0.3) is 0 Å². The van der Waals surface area contributed by atoms with Gasteiger partial charge in [-0.25, -0.2) is 0 Å². The highest BCUT2D eigenvalue weighted by atomic mass is 127. The van der Waals surface area contributed by atoms with E-state index in [0.717, 1.165) is 49.6 Å². The van der Waals surface area contributed by atoms with Gasteiger partial charge in [-0.05, 0) is 24.1 Å². The van der Waals surface area contributed by atoms with Crippen LogP contribution in [0, 0.1) is 0 Å². The smallest absolute Gasteiger partial charge is 0.191 e. The molecule has 0 spiro atoms. The highest BCUT2D eigenvalue weighted by Crippen LogP contribution is 2.11. The van der Waals surface area contributed by atoms with Crippen molar-refractivity contribution >= 4 is 29.9 Å². The molecule has 2 rings (SSSR count). The number of guanidine groups is 1. The molecule has 0 bridgehead atoms. The van der Waals surface area contributed by atoms with Crippen molar-refractivity contribution in [3.05, 3.63) is 60.1 Å². The van der Waals surface area contributed by atoms with Gasteiger partial charge >= 0.3 is 0 Å². The van der Waals surface area contributed by atoms with E-state index < -0.39 is 6.10 Å². The summed E-state index contributed by atoms with van der Waals surface area (Å²) in [6.07, 6.45) is 4.09. The summed E-state index contributed by atoms with van der Waals surface area (Å²) in [6, 6.07) is 13.5. The van der Waals surface area contributed by atoms with Gasteiger partial charge in [-0.1, -0.05) is 43.7 Å². The van der Waals surface area contributed by atoms with Crippen molar-refractivity contribution in [2.75, 3.05) is 19.6 Å². The summed E-state index contributed by atoms with van der Waals surface area (Å²) >= 11 is 0. The molecule has 138 valence electrons. The number of rotatable bonds is 9. The quantitative estimate of drug-likeness (QED) is 0.233. The van der Waals surface area contributed by atoms with Crippen molar-refractivity contribution in [1.82, 2.24) is 10.6 Å². The van der Waals surface area contributed by atoms with E-state index in [1.165, 1.54) is 0 Å². The van der Waals surface area contributed by atoms with Crippen LogP contribution in [0.15, 0.2) is 58.1 Å². The van der Waals surface area contributed by atoms with Crippen LogP contribution >= 0.6 is 24.0 Å². The average Bonchev–Trinajstić information content (AvgIpc) is 3.13. The van der Waals surface area contributed by atoms with Crippen LogP contribution in [0.3, 0.4) is 0 Å². The van der Waals surface area contributed by atoms with Crippen LogP contribution in [0.1, 0.15) is 37.2 Å². The van der Waals surface area contributed by atoms with Gasteiger partial charge in [-0.2, -0.15) is 0 Å². The molecule has 25 heavy (non-hydrogen) atoms. The summed E-state index contributed by atoms with van der Waals surface area (Å²) in [5, 5.41) is 16.8. The van der Waals surface area contributed by atoms with Crippen molar-refractivity contribution in [3.63, 3.8) is 0 Å². The van der Waals surface area contributed by atoms with Crippen LogP contribution in [0.2, 0.25) is 0 Å². The van der Waals surface area contributed by atoms with Crippen LogP contribution < -0.4 is 10.6 Å². The van der Waals surface area contributed by atoms with E-state index in [1.807, 2.05) is 42.5 Å². The standard InChI is InChI=1S/C19H27N3O2.HI/c1-2-3-12-20-19(21-13-11-17-10-7-14-24-17)22-15-18(23)16-8-5-4-6-9-16;/h4-10,14,18,23H,2-3,11-13,15H2,1H3,(H2,20,21,22);1H. The molecule has 0 fully saturated rings. The van der Waals surface area contributed by atoms with Gasteiger partial charge in [0.15, 0.2) is 5.96 Å². The lowest BCUT2D eigenvalue weighted by molar-refractivity contribution is 0.187. The zero-order valence-corrected chi connectivity index (χ0v) is 17.0. The number of benzene rings is 1. The largest absolute Gasteiger partial charge is 0.469 e. The molecule has 0 radical (unpaired) electrons. The van der Waals surface area contributed by atoms with Crippen LogP contribution in [-0.2, 0) is 6.42 Å². The molecular formula is C19H28IN3O2. The minimum atomic E-state index is -0.596. The van der Waals surface area contributed by atoms with Crippen molar-refractivity contribution in [1.29, 1.82) is 0 Å². The molecule has 2 aromatic rings. The Bertz CT molecular complexity index is 588. The van der Waals surface area contributed by atoms with E-state index in [9.17, 15) is 5.11 Å². The first kappa shape index (κ1) is 21.5. The third kappa shape index (κ3) is 8.40. The number of aliphatic hydroxyl groups is 1. The lowest BCUT2D eigenvalue weighted by Gasteiger charge is -2.14. The molecule has 0 saturated heterocycles. The number of hydrogen-bond acceptors (Lipinski definition) is 3. The molecule has 1 atom stereocenters. The minimum absolute atomic E-state index is 0. The molecular weight excluding hydrogens is 429 g/mol. The molecule has 0 amide bonds. The summed E-state index contributed by atoms with van der Waals surface area (Å²) < 4.78 is 5.33. The van der Waals surface area contributed by atoms with E-state index in [4.69, 9.17) is 4.42 Å². The predicted molar refractivity (Wildman–Crippen MR) is 112 cm³/mol. The third-order valence-electron chi connectivity index (χ3n) is 3.67. The van der Waals surface area contributed by atoms with Gasteiger partial charge in [0.2, 0.25) is 0 Å². The summed E-state index contributed by atoms with van der Waals surface area (Å²) in [7, 11) is 0. The second-order valence-corrected chi connectivity index (χ2v) is 5.65. The molecule has 0 aliphatic rings. The molecule has 1 unspecified atom stereocenters. The van der Waals surface area contributed by atoms with E-state index in [2.05, 4.69) is 22.5 Å². The number of aliphatic imine (C=N–C) groups is 1. The van der Waals surface area contributed by atoms with Crippen molar-refractivity contribution in [2.24, 2.45) is 4.99 Å². The van der Waals surface area contributed by atoms with E-state index in [1.54, 1.807) is 6.26 Å². The average molecular weight is 457 g/mol. The monoisotopic (exact) mass is 457 g/mol. The topological polar surface area (TPSA) is 69.8 Å². The highest BCUT2D eigenvalue weighted by Gasteiger charge is 2.07. The Kier molecular flexibility index (Phi) is 11.0. The Balaban J connectivity index is 0.00000312. The van der Waals surface area contributed by atoms with Gasteiger partial charge in [0.05, 0.1) is 18.9 Å². The summed E-state index contributed by atoms with van der Waals surface area (Å²) in [4.78, 5) is 4.50. The van der Waals surface area contributed by atoms with Crippen LogP contribution in [-0.4, -0.2) is 30.7 Å². The number of aliphatic hydroxyl groups excluding tert-OH is 1. The van der Waals surface area contributed by atoms with Crippen LogP contribution in [0.5, 0.6) is 0 Å². The first-order valence-corrected chi connectivity index (χ1v) is 8.57. The number of nitrogens with zero attached hydrogens (tertiary/aromatic N) is 1. The Morgan fingerprint density at radius 1 is 1.12 bits per heavy atom. The molecule has 1 aromatic heterocycles. The normalized spacial score (nSPS) is 12.3. The fraction of sp³-hybridized carbons (Fsp3) is 0.421. The molecule has 1 aromatic carbocycles. The van der Waals surface area contributed by atoms with Crippen LogP contribution in [0.25, 0.3) is 0 Å². The second-order valence-electron chi connectivity index (χ2n) is 5.65. The molecule has 5 nitrogen and oxygen atoms in total. The molecule has 0 aliphatic heterocycles. The zero-order valence-electron chi connectivity index (χ0n) is 14.6. The predicted octanol–water partition coefficient (Wildman–Crippen LogP) is 3.51. The maximum atomic E-state index is 10.2. The molecule has 3 N–H and O–H groups in total. The molecule has 0 saturated carbocycles. The number of unbranched alkanes of at least 4 members (excludes halogenated alkanes) is 1. The van der Waals surface area contributed by atoms with E-state index >= 15 is 0 Å². The van der Waals surface area contributed by atoms with Crippen molar-refractivity contribution in [2.45, 2.75) is 32.3 Å². The molecule has 0 aliphatic carbocycles. The van der Waals surface area contributed by atoms with Gasteiger partial charge in [0.1, 0.15) is 5.76 Å². The SMILES string of the molecule is CCCCNC(=NCC(O)c1ccccc1)NCCc1ccco1.I. The first-order chi connectivity index (χ1) is 11.8.